The Kier molecular flexibility index (Phi) is 6.31. The predicted octanol–water partition coefficient (Wildman–Crippen LogP) is 2.28. The van der Waals surface area contributed by atoms with Gasteiger partial charge in [-0.15, -0.1) is 0 Å². The summed E-state index contributed by atoms with van der Waals surface area (Å²) in [6.07, 6.45) is -0.529. The third-order valence-electron chi connectivity index (χ3n) is 3.26. The highest BCUT2D eigenvalue weighted by Crippen LogP contribution is 2.17. The summed E-state index contributed by atoms with van der Waals surface area (Å²) in [4.78, 5) is 13.8. The lowest BCUT2D eigenvalue weighted by Crippen LogP contribution is -2.37. The van der Waals surface area contributed by atoms with Crippen LogP contribution >= 0.6 is 0 Å². The summed E-state index contributed by atoms with van der Waals surface area (Å²) in [6.45, 7) is 7.04. The Balaban J connectivity index is 2.54. The van der Waals surface area contributed by atoms with Crippen LogP contribution in [-0.2, 0) is 0 Å². The van der Waals surface area contributed by atoms with Crippen LogP contribution in [0.5, 0.6) is 0 Å². The van der Waals surface area contributed by atoms with Gasteiger partial charge in [0, 0.05) is 31.5 Å². The van der Waals surface area contributed by atoms with Crippen LogP contribution in [0.25, 0.3) is 0 Å². The molecule has 5 nitrogen and oxygen atoms in total. The van der Waals surface area contributed by atoms with E-state index in [0.29, 0.717) is 0 Å². The standard InChI is InChI=1S/C15H25N3O2/c1-5-18(4)13-8-6-7-12(9-13)17-15(20)16-10-14(19)11(2)3/h6-9,11,14,19H,5,10H2,1-4H3,(H2,16,17,20). The third kappa shape index (κ3) is 5.09. The molecule has 0 aliphatic rings. The van der Waals surface area contributed by atoms with Gasteiger partial charge in [0.15, 0.2) is 0 Å². The van der Waals surface area contributed by atoms with Crippen molar-refractivity contribution in [1.29, 1.82) is 0 Å². The highest BCUT2D eigenvalue weighted by molar-refractivity contribution is 5.89. The van der Waals surface area contributed by atoms with E-state index in [1.807, 2.05) is 45.2 Å². The summed E-state index contributed by atoms with van der Waals surface area (Å²) < 4.78 is 0. The molecular formula is C15H25N3O2. The molecule has 5 heteroatoms. The van der Waals surface area contributed by atoms with Crippen molar-refractivity contribution in [3.63, 3.8) is 0 Å². The van der Waals surface area contributed by atoms with Crippen molar-refractivity contribution in [2.75, 3.05) is 30.4 Å². The second-order valence-electron chi connectivity index (χ2n) is 5.21. The number of anilines is 2. The normalized spacial score (nSPS) is 12.1. The predicted molar refractivity (Wildman–Crippen MR) is 83.3 cm³/mol. The molecule has 0 fully saturated rings. The van der Waals surface area contributed by atoms with Gasteiger partial charge in [-0.1, -0.05) is 19.9 Å². The van der Waals surface area contributed by atoms with Gasteiger partial charge in [-0.2, -0.15) is 0 Å². The molecule has 1 unspecified atom stereocenters. The van der Waals surface area contributed by atoms with Crippen LogP contribution in [0.2, 0.25) is 0 Å². The Morgan fingerprint density at radius 2 is 2.10 bits per heavy atom. The van der Waals surface area contributed by atoms with E-state index in [-0.39, 0.29) is 18.5 Å². The van der Waals surface area contributed by atoms with Gasteiger partial charge in [0.25, 0.3) is 0 Å². The van der Waals surface area contributed by atoms with E-state index in [4.69, 9.17) is 0 Å². The Hall–Kier alpha value is -1.75. The molecule has 0 radical (unpaired) electrons. The number of aliphatic hydroxyl groups excluding tert-OH is 1. The minimum Gasteiger partial charge on any atom is -0.391 e. The molecule has 0 saturated carbocycles. The lowest BCUT2D eigenvalue weighted by atomic mass is 10.1. The molecule has 20 heavy (non-hydrogen) atoms. The number of benzene rings is 1. The van der Waals surface area contributed by atoms with Crippen molar-refractivity contribution in [3.05, 3.63) is 24.3 Å². The first-order chi connectivity index (χ1) is 9.43. The van der Waals surface area contributed by atoms with Crippen LogP contribution < -0.4 is 15.5 Å². The third-order valence-corrected chi connectivity index (χ3v) is 3.26. The van der Waals surface area contributed by atoms with Crippen molar-refractivity contribution >= 4 is 17.4 Å². The van der Waals surface area contributed by atoms with Gasteiger partial charge in [0.05, 0.1) is 6.10 Å². The zero-order valence-corrected chi connectivity index (χ0v) is 12.7. The van der Waals surface area contributed by atoms with Crippen molar-refractivity contribution in [3.8, 4) is 0 Å². The van der Waals surface area contributed by atoms with Crippen LogP contribution in [-0.4, -0.2) is 37.4 Å². The number of nitrogens with one attached hydrogen (secondary N) is 2. The highest BCUT2D eigenvalue weighted by Gasteiger charge is 2.10. The fourth-order valence-electron chi connectivity index (χ4n) is 1.61. The molecule has 0 bridgehead atoms. The number of nitrogens with zero attached hydrogens (tertiary/aromatic N) is 1. The van der Waals surface area contributed by atoms with Crippen molar-refractivity contribution in [2.24, 2.45) is 5.92 Å². The molecule has 0 aromatic heterocycles. The summed E-state index contributed by atoms with van der Waals surface area (Å²) in [5.41, 5.74) is 1.78. The first-order valence-corrected chi connectivity index (χ1v) is 6.98. The zero-order chi connectivity index (χ0) is 15.1. The number of urea groups is 1. The number of hydrogen-bond acceptors (Lipinski definition) is 3. The van der Waals surface area contributed by atoms with Gasteiger partial charge in [-0.25, -0.2) is 4.79 Å². The SMILES string of the molecule is CCN(C)c1cccc(NC(=O)NCC(O)C(C)C)c1. The van der Waals surface area contributed by atoms with E-state index in [2.05, 4.69) is 22.5 Å². The smallest absolute Gasteiger partial charge is 0.319 e. The zero-order valence-electron chi connectivity index (χ0n) is 12.7. The number of amides is 2. The maximum Gasteiger partial charge on any atom is 0.319 e. The molecule has 0 aliphatic heterocycles. The Bertz CT molecular complexity index is 435. The first kappa shape index (κ1) is 16.3. The van der Waals surface area contributed by atoms with E-state index in [1.165, 1.54) is 0 Å². The molecule has 1 atom stereocenters. The molecular weight excluding hydrogens is 254 g/mol. The maximum atomic E-state index is 11.7. The molecule has 0 saturated heterocycles. The number of carbonyl (C=O) groups excluding carboxylic acids is 1. The summed E-state index contributed by atoms with van der Waals surface area (Å²) in [7, 11) is 2.00. The molecule has 0 aliphatic carbocycles. The molecule has 112 valence electrons. The molecule has 0 heterocycles. The van der Waals surface area contributed by atoms with E-state index in [9.17, 15) is 9.90 Å². The van der Waals surface area contributed by atoms with Crippen LogP contribution in [0, 0.1) is 5.92 Å². The fraction of sp³-hybridized carbons (Fsp3) is 0.533. The Morgan fingerprint density at radius 3 is 2.70 bits per heavy atom. The van der Waals surface area contributed by atoms with Crippen LogP contribution in [0.3, 0.4) is 0 Å². The van der Waals surface area contributed by atoms with Gasteiger partial charge >= 0.3 is 6.03 Å². The lowest BCUT2D eigenvalue weighted by molar-refractivity contribution is 0.126. The summed E-state index contributed by atoms with van der Waals surface area (Å²) >= 11 is 0. The summed E-state index contributed by atoms with van der Waals surface area (Å²) in [6, 6.07) is 7.35. The van der Waals surface area contributed by atoms with Crippen molar-refractivity contribution in [1.82, 2.24) is 5.32 Å². The van der Waals surface area contributed by atoms with Gasteiger partial charge in [0.1, 0.15) is 0 Å². The molecule has 1 aromatic carbocycles. The Morgan fingerprint density at radius 1 is 1.40 bits per heavy atom. The largest absolute Gasteiger partial charge is 0.391 e. The van der Waals surface area contributed by atoms with Crippen LogP contribution in [0.15, 0.2) is 24.3 Å². The van der Waals surface area contributed by atoms with Gasteiger partial charge < -0.3 is 20.6 Å². The average Bonchev–Trinajstić information content (AvgIpc) is 2.43. The second kappa shape index (κ2) is 7.75. The van der Waals surface area contributed by atoms with E-state index in [0.717, 1.165) is 17.9 Å². The van der Waals surface area contributed by atoms with Gasteiger partial charge in [0.2, 0.25) is 0 Å². The number of rotatable bonds is 6. The summed E-state index contributed by atoms with van der Waals surface area (Å²) in [5.74, 6) is 0.122. The maximum absolute atomic E-state index is 11.7. The quantitative estimate of drug-likeness (QED) is 0.748. The fourth-order valence-corrected chi connectivity index (χ4v) is 1.61. The topological polar surface area (TPSA) is 64.6 Å². The molecule has 3 N–H and O–H groups in total. The minimum absolute atomic E-state index is 0.122. The molecule has 1 aromatic rings. The molecule has 2 amide bonds. The van der Waals surface area contributed by atoms with E-state index < -0.39 is 6.10 Å². The monoisotopic (exact) mass is 279 g/mol. The minimum atomic E-state index is -0.529. The molecule has 1 rings (SSSR count). The lowest BCUT2D eigenvalue weighted by Gasteiger charge is -2.18. The van der Waals surface area contributed by atoms with Gasteiger partial charge in [-0.3, -0.25) is 0 Å². The molecule has 0 spiro atoms. The van der Waals surface area contributed by atoms with Crippen molar-refractivity contribution in [2.45, 2.75) is 26.9 Å². The Labute approximate surface area is 121 Å². The second-order valence-corrected chi connectivity index (χ2v) is 5.21. The number of aliphatic hydroxyl groups is 1. The van der Waals surface area contributed by atoms with E-state index in [1.54, 1.807) is 0 Å². The summed E-state index contributed by atoms with van der Waals surface area (Å²) in [5, 5.41) is 15.1. The van der Waals surface area contributed by atoms with Crippen LogP contribution in [0.1, 0.15) is 20.8 Å². The van der Waals surface area contributed by atoms with E-state index >= 15 is 0 Å². The van der Waals surface area contributed by atoms with Gasteiger partial charge in [-0.05, 0) is 31.0 Å². The van der Waals surface area contributed by atoms with Crippen LogP contribution in [0.4, 0.5) is 16.2 Å². The highest BCUT2D eigenvalue weighted by atomic mass is 16.3. The number of carbonyl (C=O) groups is 1. The first-order valence-electron chi connectivity index (χ1n) is 6.98. The average molecular weight is 279 g/mol. The number of hydrogen-bond donors (Lipinski definition) is 3. The van der Waals surface area contributed by atoms with Crippen molar-refractivity contribution < 1.29 is 9.90 Å².